The number of nitrogens with zero attached hydrogens (tertiary/aromatic N) is 1. The smallest absolute Gasteiger partial charge is 0.224 e. The second kappa shape index (κ2) is 10.9. The van der Waals surface area contributed by atoms with Gasteiger partial charge in [-0.25, -0.2) is 0 Å². The molecular formula is C14H24Cl2N2O. The predicted octanol–water partition coefficient (Wildman–Crippen LogP) is 4.12. The van der Waals surface area contributed by atoms with Gasteiger partial charge in [-0.2, -0.15) is 0 Å². The first-order valence-corrected chi connectivity index (χ1v) is 6.20. The maximum Gasteiger partial charge on any atom is 0.224 e. The molecule has 19 heavy (non-hydrogen) atoms. The van der Waals surface area contributed by atoms with Gasteiger partial charge in [0.1, 0.15) is 0 Å². The summed E-state index contributed by atoms with van der Waals surface area (Å²) in [5.74, 6) is 0.107. The van der Waals surface area contributed by atoms with E-state index in [2.05, 4.69) is 12.2 Å². The molecule has 1 N–H and O–H groups in total. The Kier molecular flexibility index (Phi) is 11.7. The van der Waals surface area contributed by atoms with Crippen LogP contribution in [0.3, 0.4) is 0 Å². The molecule has 0 fully saturated rings. The first-order valence-electron chi connectivity index (χ1n) is 6.20. The molecule has 110 valence electrons. The van der Waals surface area contributed by atoms with Gasteiger partial charge < -0.3 is 10.2 Å². The number of hydrogen-bond donors (Lipinski definition) is 1. The minimum atomic E-state index is 0. The lowest BCUT2D eigenvalue weighted by atomic mass is 10.2. The van der Waals surface area contributed by atoms with Crippen molar-refractivity contribution in [1.82, 2.24) is 0 Å². The number of anilines is 2. The summed E-state index contributed by atoms with van der Waals surface area (Å²) in [5.41, 5.74) is 2.01. The molecule has 0 spiro atoms. The van der Waals surface area contributed by atoms with Crippen molar-refractivity contribution in [3.63, 3.8) is 0 Å². The Morgan fingerprint density at radius 3 is 2.16 bits per heavy atom. The molecule has 0 unspecified atom stereocenters. The van der Waals surface area contributed by atoms with Crippen LogP contribution in [-0.4, -0.2) is 20.0 Å². The average Bonchev–Trinajstić information content (AvgIpc) is 2.30. The largest absolute Gasteiger partial charge is 0.378 e. The molecule has 1 amide bonds. The monoisotopic (exact) mass is 306 g/mol. The summed E-state index contributed by atoms with van der Waals surface area (Å²) in [6.07, 6.45) is 3.85. The highest BCUT2D eigenvalue weighted by molar-refractivity contribution is 5.90. The Morgan fingerprint density at radius 1 is 1.11 bits per heavy atom. The van der Waals surface area contributed by atoms with E-state index in [9.17, 15) is 4.79 Å². The number of nitrogens with one attached hydrogen (secondary N) is 1. The third kappa shape index (κ3) is 7.96. The molecule has 0 aliphatic carbocycles. The van der Waals surface area contributed by atoms with Crippen molar-refractivity contribution in [2.24, 2.45) is 0 Å². The highest BCUT2D eigenvalue weighted by Crippen LogP contribution is 2.16. The van der Waals surface area contributed by atoms with Crippen molar-refractivity contribution < 1.29 is 4.79 Å². The van der Waals surface area contributed by atoms with Crippen LogP contribution in [0.15, 0.2) is 24.3 Å². The summed E-state index contributed by atoms with van der Waals surface area (Å²) in [6, 6.07) is 7.88. The maximum absolute atomic E-state index is 11.6. The first kappa shape index (κ1) is 20.4. The van der Waals surface area contributed by atoms with E-state index in [1.165, 1.54) is 0 Å². The van der Waals surface area contributed by atoms with Crippen molar-refractivity contribution in [1.29, 1.82) is 0 Å². The van der Waals surface area contributed by atoms with Crippen LogP contribution in [0.4, 0.5) is 11.4 Å². The zero-order chi connectivity index (χ0) is 12.7. The summed E-state index contributed by atoms with van der Waals surface area (Å²) >= 11 is 0. The van der Waals surface area contributed by atoms with Crippen molar-refractivity contribution in [3.05, 3.63) is 24.3 Å². The van der Waals surface area contributed by atoms with Crippen LogP contribution < -0.4 is 10.2 Å². The summed E-state index contributed by atoms with van der Waals surface area (Å²) in [7, 11) is 4.00. The Hall–Kier alpha value is -0.930. The van der Waals surface area contributed by atoms with Crippen molar-refractivity contribution in [2.45, 2.75) is 32.6 Å². The zero-order valence-electron chi connectivity index (χ0n) is 11.8. The van der Waals surface area contributed by atoms with Crippen molar-refractivity contribution in [3.8, 4) is 0 Å². The van der Waals surface area contributed by atoms with Gasteiger partial charge in [0.15, 0.2) is 0 Å². The van der Waals surface area contributed by atoms with E-state index in [0.717, 1.165) is 30.6 Å². The Morgan fingerprint density at radius 2 is 1.68 bits per heavy atom. The zero-order valence-corrected chi connectivity index (χ0v) is 13.4. The number of amides is 1. The lowest BCUT2D eigenvalue weighted by Gasteiger charge is -2.13. The van der Waals surface area contributed by atoms with Crippen LogP contribution in [0.25, 0.3) is 0 Å². The molecule has 0 bridgehead atoms. The Labute approximate surface area is 128 Å². The number of unbranched alkanes of at least 4 members (excludes halogenated alkanes) is 2. The second-order valence-corrected chi connectivity index (χ2v) is 4.45. The molecule has 1 aromatic rings. The topological polar surface area (TPSA) is 32.3 Å². The van der Waals surface area contributed by atoms with Gasteiger partial charge in [0, 0.05) is 31.9 Å². The van der Waals surface area contributed by atoms with E-state index < -0.39 is 0 Å². The van der Waals surface area contributed by atoms with Gasteiger partial charge in [-0.3, -0.25) is 4.79 Å². The third-order valence-corrected chi connectivity index (χ3v) is 2.67. The molecule has 1 aromatic carbocycles. The predicted molar refractivity (Wildman–Crippen MR) is 88.0 cm³/mol. The second-order valence-electron chi connectivity index (χ2n) is 4.45. The minimum Gasteiger partial charge on any atom is -0.378 e. The van der Waals surface area contributed by atoms with Crippen molar-refractivity contribution in [2.75, 3.05) is 24.3 Å². The normalized spacial score (nSPS) is 9.00. The molecule has 0 atom stereocenters. The van der Waals surface area contributed by atoms with Gasteiger partial charge in [0.2, 0.25) is 5.91 Å². The van der Waals surface area contributed by atoms with E-state index in [1.807, 2.05) is 43.3 Å². The summed E-state index contributed by atoms with van der Waals surface area (Å²) in [4.78, 5) is 13.6. The van der Waals surface area contributed by atoms with Crippen molar-refractivity contribution >= 4 is 42.1 Å². The average molecular weight is 307 g/mol. The molecule has 0 saturated carbocycles. The Balaban J connectivity index is 0. The van der Waals surface area contributed by atoms with Crippen LogP contribution >= 0.6 is 24.8 Å². The van der Waals surface area contributed by atoms with E-state index >= 15 is 0 Å². The summed E-state index contributed by atoms with van der Waals surface area (Å²) in [5, 5.41) is 2.91. The fraction of sp³-hybridized carbons (Fsp3) is 0.500. The van der Waals surface area contributed by atoms with Gasteiger partial charge in [-0.1, -0.05) is 19.8 Å². The van der Waals surface area contributed by atoms with Gasteiger partial charge in [-0.05, 0) is 30.7 Å². The van der Waals surface area contributed by atoms with Gasteiger partial charge in [0.05, 0.1) is 0 Å². The lowest BCUT2D eigenvalue weighted by molar-refractivity contribution is -0.116. The molecule has 1 rings (SSSR count). The highest BCUT2D eigenvalue weighted by atomic mass is 35.5. The van der Waals surface area contributed by atoms with Crippen LogP contribution in [0.5, 0.6) is 0 Å². The van der Waals surface area contributed by atoms with Gasteiger partial charge >= 0.3 is 0 Å². The van der Waals surface area contributed by atoms with E-state index in [-0.39, 0.29) is 30.7 Å². The molecule has 0 heterocycles. The van der Waals surface area contributed by atoms with Crippen LogP contribution in [0, 0.1) is 0 Å². The first-order chi connectivity index (χ1) is 8.13. The van der Waals surface area contributed by atoms with Gasteiger partial charge in [-0.15, -0.1) is 24.8 Å². The minimum absolute atomic E-state index is 0. The van der Waals surface area contributed by atoms with Crippen LogP contribution in [0.1, 0.15) is 32.6 Å². The number of carbonyl (C=O) groups is 1. The number of rotatable bonds is 6. The number of hydrogen-bond acceptors (Lipinski definition) is 2. The molecule has 5 heteroatoms. The molecule has 0 aliphatic rings. The summed E-state index contributed by atoms with van der Waals surface area (Å²) < 4.78 is 0. The number of benzene rings is 1. The molecule has 0 aliphatic heterocycles. The Bertz CT molecular complexity index is 353. The third-order valence-electron chi connectivity index (χ3n) is 2.67. The van der Waals surface area contributed by atoms with E-state index in [4.69, 9.17) is 0 Å². The molecule has 0 aromatic heterocycles. The number of carbonyl (C=O) groups excluding carboxylic acids is 1. The summed E-state index contributed by atoms with van der Waals surface area (Å²) in [6.45, 7) is 2.14. The fourth-order valence-electron chi connectivity index (χ4n) is 1.60. The SMILES string of the molecule is CCCCCC(=O)Nc1ccc(N(C)C)cc1.Cl.Cl. The number of halogens is 2. The highest BCUT2D eigenvalue weighted by Gasteiger charge is 2.02. The molecule has 3 nitrogen and oxygen atoms in total. The molecule has 0 radical (unpaired) electrons. The molecular weight excluding hydrogens is 283 g/mol. The van der Waals surface area contributed by atoms with E-state index in [1.54, 1.807) is 0 Å². The molecule has 0 saturated heterocycles. The standard InChI is InChI=1S/C14H22N2O.2ClH/c1-4-5-6-7-14(17)15-12-8-10-13(11-9-12)16(2)3;;/h8-11H,4-7H2,1-3H3,(H,15,17);2*1H. The van der Waals surface area contributed by atoms with Crippen LogP contribution in [-0.2, 0) is 4.79 Å². The van der Waals surface area contributed by atoms with Crippen LogP contribution in [0.2, 0.25) is 0 Å². The quantitative estimate of drug-likeness (QED) is 0.802. The maximum atomic E-state index is 11.6. The van der Waals surface area contributed by atoms with E-state index in [0.29, 0.717) is 6.42 Å². The lowest BCUT2D eigenvalue weighted by Crippen LogP contribution is -2.12. The fourth-order valence-corrected chi connectivity index (χ4v) is 1.60. The van der Waals surface area contributed by atoms with Gasteiger partial charge in [0.25, 0.3) is 0 Å².